The lowest BCUT2D eigenvalue weighted by Crippen LogP contribution is -2.36. The Kier molecular flexibility index (Phi) is 18.8. The normalized spacial score (nSPS) is 14.5. The van der Waals surface area contributed by atoms with E-state index in [1.165, 1.54) is 55.4 Å². The molecule has 0 heterocycles. The van der Waals surface area contributed by atoms with Crippen molar-refractivity contribution in [3.63, 3.8) is 0 Å². The van der Waals surface area contributed by atoms with Gasteiger partial charge >= 0.3 is 0 Å². The molecule has 0 amide bonds. The van der Waals surface area contributed by atoms with Crippen molar-refractivity contribution in [2.24, 2.45) is 0 Å². The quantitative estimate of drug-likeness (QED) is 0.0387. The van der Waals surface area contributed by atoms with Gasteiger partial charge in [-0.2, -0.15) is 0 Å². The summed E-state index contributed by atoms with van der Waals surface area (Å²) >= 11 is 0. The van der Waals surface area contributed by atoms with Crippen LogP contribution in [0.5, 0.6) is 0 Å². The second kappa shape index (κ2) is 23.0. The summed E-state index contributed by atoms with van der Waals surface area (Å²) in [7, 11) is 0. The highest BCUT2D eigenvalue weighted by Gasteiger charge is 2.30. The molecule has 0 radical (unpaired) electrons. The van der Waals surface area contributed by atoms with E-state index in [9.17, 15) is 39.6 Å². The van der Waals surface area contributed by atoms with Crippen LogP contribution in [0.1, 0.15) is 159 Å². The number of benzene rings is 4. The van der Waals surface area contributed by atoms with Crippen molar-refractivity contribution in [2.75, 3.05) is 26.4 Å². The fraction of sp³-hybridized carbons (Fsp3) is 0.481. The first-order valence-electron chi connectivity index (χ1n) is 22.8. The SMILES string of the molecule is CC(COC(C)COC(C)COCC(C)OC(c1ccc(C(=O)C(C)(C)O)cc1)c1ccc(C(=O)C(C)(C)O)cc1)NC(c1ccc(C(=O)C(C)(C)O)cc1)c1ccc(C(=O)C(C)(C)O)cc1. The summed E-state index contributed by atoms with van der Waals surface area (Å²) < 4.78 is 24.8. The molecule has 13 nitrogen and oxygen atoms in total. The highest BCUT2D eigenvalue weighted by molar-refractivity contribution is 6.03. The monoisotopic (exact) mass is 925 g/mol. The van der Waals surface area contributed by atoms with E-state index < -0.39 is 57.7 Å². The molecular formula is C54H71NO12. The third kappa shape index (κ3) is 16.2. The minimum absolute atomic E-state index is 0.157. The van der Waals surface area contributed by atoms with Gasteiger partial charge in [-0.3, -0.25) is 19.2 Å². The maximum Gasteiger partial charge on any atom is 0.193 e. The third-order valence-corrected chi connectivity index (χ3v) is 11.0. The molecule has 0 saturated carbocycles. The summed E-state index contributed by atoms with van der Waals surface area (Å²) in [6, 6.07) is 27.2. The van der Waals surface area contributed by atoms with Gasteiger partial charge in [-0.15, -0.1) is 0 Å². The van der Waals surface area contributed by atoms with Crippen LogP contribution in [0.4, 0.5) is 0 Å². The first-order chi connectivity index (χ1) is 31.1. The second-order valence-electron chi connectivity index (χ2n) is 19.7. The molecule has 0 aromatic heterocycles. The van der Waals surface area contributed by atoms with Crippen LogP contribution in [-0.4, -0.2) is 117 Å². The number of ether oxygens (including phenoxy) is 4. The van der Waals surface area contributed by atoms with Gasteiger partial charge in [0.15, 0.2) is 23.1 Å². The van der Waals surface area contributed by atoms with Gasteiger partial charge in [0.05, 0.1) is 50.8 Å². The molecule has 0 fully saturated rings. The van der Waals surface area contributed by atoms with Crippen molar-refractivity contribution in [1.82, 2.24) is 5.32 Å². The number of nitrogens with one attached hydrogen (secondary N) is 1. The Morgan fingerprint density at radius 1 is 0.433 bits per heavy atom. The molecule has 0 aliphatic heterocycles. The third-order valence-electron chi connectivity index (χ3n) is 11.0. The first kappa shape index (κ1) is 54.8. The predicted octanol–water partition coefficient (Wildman–Crippen LogP) is 7.59. The van der Waals surface area contributed by atoms with Gasteiger partial charge < -0.3 is 44.7 Å². The van der Waals surface area contributed by atoms with E-state index in [0.29, 0.717) is 35.5 Å². The van der Waals surface area contributed by atoms with Gasteiger partial charge in [-0.05, 0) is 105 Å². The van der Waals surface area contributed by atoms with Crippen molar-refractivity contribution >= 4 is 23.1 Å². The Hall–Kier alpha value is -4.80. The Morgan fingerprint density at radius 3 is 1.04 bits per heavy atom. The largest absolute Gasteiger partial charge is 0.382 e. The number of ketones is 4. The number of aliphatic hydroxyl groups is 4. The smallest absolute Gasteiger partial charge is 0.193 e. The van der Waals surface area contributed by atoms with Gasteiger partial charge in [0.25, 0.3) is 0 Å². The Bertz CT molecular complexity index is 2100. The number of hydrogen-bond donors (Lipinski definition) is 5. The molecule has 67 heavy (non-hydrogen) atoms. The molecule has 0 aliphatic rings. The molecule has 4 atom stereocenters. The van der Waals surface area contributed by atoms with Crippen molar-refractivity contribution in [2.45, 2.75) is 142 Å². The van der Waals surface area contributed by atoms with Crippen LogP contribution in [-0.2, 0) is 18.9 Å². The van der Waals surface area contributed by atoms with E-state index in [4.69, 9.17) is 18.9 Å². The fourth-order valence-corrected chi connectivity index (χ4v) is 7.13. The number of carbonyl (C=O) groups excluding carboxylic acids is 4. The van der Waals surface area contributed by atoms with Gasteiger partial charge in [0, 0.05) is 28.3 Å². The first-order valence-corrected chi connectivity index (χ1v) is 22.8. The fourth-order valence-electron chi connectivity index (χ4n) is 7.13. The van der Waals surface area contributed by atoms with E-state index in [-0.39, 0.29) is 37.5 Å². The van der Waals surface area contributed by atoms with E-state index in [1.807, 2.05) is 52.0 Å². The van der Waals surface area contributed by atoms with Crippen LogP contribution < -0.4 is 5.32 Å². The lowest BCUT2D eigenvalue weighted by Gasteiger charge is -2.26. The minimum Gasteiger partial charge on any atom is -0.382 e. The zero-order valence-corrected chi connectivity index (χ0v) is 41.1. The highest BCUT2D eigenvalue weighted by atomic mass is 16.6. The average Bonchev–Trinajstić information content (AvgIpc) is 3.26. The van der Waals surface area contributed by atoms with Crippen LogP contribution in [0.2, 0.25) is 0 Å². The second-order valence-corrected chi connectivity index (χ2v) is 19.7. The lowest BCUT2D eigenvalue weighted by atomic mass is 9.91. The molecule has 0 bridgehead atoms. The van der Waals surface area contributed by atoms with Crippen LogP contribution >= 0.6 is 0 Å². The van der Waals surface area contributed by atoms with Crippen molar-refractivity contribution in [3.8, 4) is 0 Å². The van der Waals surface area contributed by atoms with E-state index in [0.717, 1.165) is 22.3 Å². The van der Waals surface area contributed by atoms with Crippen molar-refractivity contribution < 1.29 is 58.6 Å². The molecule has 0 aliphatic carbocycles. The Labute approximate surface area is 395 Å². The molecule has 364 valence electrons. The highest BCUT2D eigenvalue weighted by Crippen LogP contribution is 2.30. The maximum absolute atomic E-state index is 12.7. The van der Waals surface area contributed by atoms with Crippen LogP contribution in [0.3, 0.4) is 0 Å². The van der Waals surface area contributed by atoms with E-state index >= 15 is 0 Å². The van der Waals surface area contributed by atoms with E-state index in [1.54, 1.807) is 72.8 Å². The summed E-state index contributed by atoms with van der Waals surface area (Å²) in [4.78, 5) is 50.9. The summed E-state index contributed by atoms with van der Waals surface area (Å²) in [6.07, 6.45) is -1.52. The zero-order chi connectivity index (χ0) is 50.1. The van der Waals surface area contributed by atoms with Gasteiger partial charge in [0.2, 0.25) is 0 Å². The molecule has 4 unspecified atom stereocenters. The minimum atomic E-state index is -1.53. The number of Topliss-reactive ketones (excluding diaryl/α,β-unsaturated/α-hetero) is 4. The summed E-state index contributed by atoms with van der Waals surface area (Å²) in [5.41, 5.74) is -1.41. The molecule has 0 saturated heterocycles. The predicted molar refractivity (Wildman–Crippen MR) is 257 cm³/mol. The lowest BCUT2D eigenvalue weighted by molar-refractivity contribution is -0.0801. The number of carbonyl (C=O) groups is 4. The van der Waals surface area contributed by atoms with Gasteiger partial charge in [-0.1, -0.05) is 97.1 Å². The zero-order valence-electron chi connectivity index (χ0n) is 41.1. The van der Waals surface area contributed by atoms with Crippen LogP contribution in [0.15, 0.2) is 97.1 Å². The average molecular weight is 926 g/mol. The van der Waals surface area contributed by atoms with Crippen molar-refractivity contribution in [1.29, 1.82) is 0 Å². The molecule has 4 aromatic rings. The van der Waals surface area contributed by atoms with Gasteiger partial charge in [0.1, 0.15) is 28.5 Å². The van der Waals surface area contributed by atoms with Gasteiger partial charge in [-0.25, -0.2) is 0 Å². The Balaban J connectivity index is 1.33. The van der Waals surface area contributed by atoms with Crippen molar-refractivity contribution in [3.05, 3.63) is 142 Å². The molecule has 4 aromatic carbocycles. The van der Waals surface area contributed by atoms with Crippen LogP contribution in [0.25, 0.3) is 0 Å². The summed E-state index contributed by atoms with van der Waals surface area (Å²) in [5, 5.41) is 44.6. The standard InChI is InChI=1S/C54H71NO12/c1-33(55-45(37-13-21-41(22-14-37)47(56)51(5,6)60)38-15-23-42(24-16-38)48(57)52(7,8)61)29-65-35(3)32-66-34(2)30-64-31-36(4)67-46(39-17-25-43(26-18-39)49(58)53(9,10)62)40-19-27-44(28-20-40)50(59)54(11,12)63/h13-28,33-36,45-46,55,60-63H,29-32H2,1-12H3. The summed E-state index contributed by atoms with van der Waals surface area (Å²) in [6.45, 7) is 20.4. The maximum atomic E-state index is 12.7. The van der Waals surface area contributed by atoms with Crippen LogP contribution in [0, 0.1) is 0 Å². The number of hydrogen-bond acceptors (Lipinski definition) is 13. The number of rotatable bonds is 26. The molecule has 4 rings (SSSR count). The summed E-state index contributed by atoms with van der Waals surface area (Å²) in [5.74, 6) is -1.60. The molecule has 13 heteroatoms. The topological polar surface area (TPSA) is 198 Å². The van der Waals surface area contributed by atoms with E-state index in [2.05, 4.69) is 5.32 Å². The molecular weight excluding hydrogens is 855 g/mol. The Morgan fingerprint density at radius 2 is 0.716 bits per heavy atom. The molecule has 0 spiro atoms. The molecule has 5 N–H and O–H groups in total.